The third-order valence-electron chi connectivity index (χ3n) is 2.83. The largest absolute Gasteiger partial charge is 0.486 e. The Labute approximate surface area is 101 Å². The molecule has 1 aromatic rings. The Morgan fingerprint density at radius 2 is 2.35 bits per heavy atom. The molecule has 0 aliphatic heterocycles. The maximum Gasteiger partial charge on any atom is 0.124 e. The third-order valence-corrected chi connectivity index (χ3v) is 2.83. The average molecular weight is 235 g/mol. The molecule has 3 heteroatoms. The molecule has 17 heavy (non-hydrogen) atoms. The van der Waals surface area contributed by atoms with E-state index in [1.807, 2.05) is 6.92 Å². The summed E-state index contributed by atoms with van der Waals surface area (Å²) < 4.78 is 18.9. The molecule has 1 aliphatic rings. The summed E-state index contributed by atoms with van der Waals surface area (Å²) >= 11 is 0. The fourth-order valence-corrected chi connectivity index (χ4v) is 1.59. The van der Waals surface area contributed by atoms with Crippen LogP contribution in [0.1, 0.15) is 25.3 Å². The van der Waals surface area contributed by atoms with E-state index < -0.39 is 0 Å². The minimum Gasteiger partial charge on any atom is -0.486 e. The molecule has 0 spiro atoms. The Morgan fingerprint density at radius 3 is 3.00 bits per heavy atom. The maximum atomic E-state index is 13.2. The van der Waals surface area contributed by atoms with Gasteiger partial charge in [0.2, 0.25) is 0 Å². The van der Waals surface area contributed by atoms with Crippen LogP contribution < -0.4 is 10.1 Å². The van der Waals surface area contributed by atoms with Crippen LogP contribution in [-0.2, 0) is 6.54 Å². The van der Waals surface area contributed by atoms with Crippen LogP contribution in [0.25, 0.3) is 0 Å². The van der Waals surface area contributed by atoms with Crippen molar-refractivity contribution in [3.05, 3.63) is 42.2 Å². The lowest BCUT2D eigenvalue weighted by molar-refractivity contribution is 0.266. The number of halogens is 1. The van der Waals surface area contributed by atoms with Crippen molar-refractivity contribution >= 4 is 0 Å². The van der Waals surface area contributed by atoms with E-state index in [1.54, 1.807) is 12.1 Å². The summed E-state index contributed by atoms with van der Waals surface area (Å²) in [4.78, 5) is 0. The van der Waals surface area contributed by atoms with Gasteiger partial charge in [-0.15, -0.1) is 0 Å². The first kappa shape index (κ1) is 12.1. The van der Waals surface area contributed by atoms with E-state index in [9.17, 15) is 4.39 Å². The first-order chi connectivity index (χ1) is 8.19. The van der Waals surface area contributed by atoms with Crippen LogP contribution in [0.5, 0.6) is 5.75 Å². The molecule has 2 rings (SSSR count). The summed E-state index contributed by atoms with van der Waals surface area (Å²) in [6.07, 6.45) is 4.09. The van der Waals surface area contributed by atoms with Crippen molar-refractivity contribution in [2.24, 2.45) is 0 Å². The second-order valence-electron chi connectivity index (χ2n) is 4.47. The summed E-state index contributed by atoms with van der Waals surface area (Å²) in [5.41, 5.74) is 0.866. The van der Waals surface area contributed by atoms with Crippen LogP contribution in [0.2, 0.25) is 0 Å². The minimum atomic E-state index is -0.226. The first-order valence-corrected chi connectivity index (χ1v) is 6.00. The SMILES string of the molecule is C=CC(C)Oc1ccc(F)cc1CNC1CC1. The fourth-order valence-electron chi connectivity index (χ4n) is 1.59. The highest BCUT2D eigenvalue weighted by molar-refractivity contribution is 5.34. The number of rotatable bonds is 6. The van der Waals surface area contributed by atoms with Crippen molar-refractivity contribution in [3.8, 4) is 5.75 Å². The second kappa shape index (κ2) is 5.32. The molecule has 1 atom stereocenters. The summed E-state index contributed by atoms with van der Waals surface area (Å²) in [6, 6.07) is 5.23. The van der Waals surface area contributed by atoms with Gasteiger partial charge in [0.1, 0.15) is 17.7 Å². The molecule has 0 radical (unpaired) electrons. The predicted octanol–water partition coefficient (Wildman–Crippen LogP) is 3.03. The van der Waals surface area contributed by atoms with E-state index in [4.69, 9.17) is 4.74 Å². The van der Waals surface area contributed by atoms with E-state index >= 15 is 0 Å². The van der Waals surface area contributed by atoms with Crippen molar-refractivity contribution in [1.82, 2.24) is 5.32 Å². The monoisotopic (exact) mass is 235 g/mol. The molecular formula is C14H18FNO. The number of benzene rings is 1. The zero-order chi connectivity index (χ0) is 12.3. The lowest BCUT2D eigenvalue weighted by Gasteiger charge is -2.15. The van der Waals surface area contributed by atoms with E-state index in [1.165, 1.54) is 25.0 Å². The Kier molecular flexibility index (Phi) is 3.79. The van der Waals surface area contributed by atoms with E-state index in [0.29, 0.717) is 12.6 Å². The van der Waals surface area contributed by atoms with Gasteiger partial charge in [-0.1, -0.05) is 12.7 Å². The molecular weight excluding hydrogens is 217 g/mol. The van der Waals surface area contributed by atoms with Gasteiger partial charge in [-0.3, -0.25) is 0 Å². The third kappa shape index (κ3) is 3.56. The average Bonchev–Trinajstić information content (AvgIpc) is 3.13. The lowest BCUT2D eigenvalue weighted by Crippen LogP contribution is -2.17. The second-order valence-corrected chi connectivity index (χ2v) is 4.47. The molecule has 0 heterocycles. The van der Waals surface area contributed by atoms with Crippen LogP contribution in [0.3, 0.4) is 0 Å². The van der Waals surface area contributed by atoms with Gasteiger partial charge >= 0.3 is 0 Å². The molecule has 1 unspecified atom stereocenters. The normalized spacial score (nSPS) is 16.6. The Hall–Kier alpha value is -1.35. The fraction of sp³-hybridized carbons (Fsp3) is 0.429. The number of hydrogen-bond acceptors (Lipinski definition) is 2. The van der Waals surface area contributed by atoms with Crippen molar-refractivity contribution in [2.45, 2.75) is 38.5 Å². The molecule has 1 aliphatic carbocycles. The van der Waals surface area contributed by atoms with Gasteiger partial charge in [0, 0.05) is 18.2 Å². The summed E-state index contributed by atoms with van der Waals surface area (Å²) in [7, 11) is 0. The molecule has 0 amide bonds. The number of hydrogen-bond donors (Lipinski definition) is 1. The van der Waals surface area contributed by atoms with Gasteiger partial charge in [-0.2, -0.15) is 0 Å². The smallest absolute Gasteiger partial charge is 0.124 e. The van der Waals surface area contributed by atoms with Gasteiger partial charge < -0.3 is 10.1 Å². The van der Waals surface area contributed by atoms with E-state index in [-0.39, 0.29) is 11.9 Å². The van der Waals surface area contributed by atoms with Crippen LogP contribution in [0.4, 0.5) is 4.39 Å². The quantitative estimate of drug-likeness (QED) is 0.765. The molecule has 0 aromatic heterocycles. The van der Waals surface area contributed by atoms with Gasteiger partial charge in [0.25, 0.3) is 0 Å². The number of ether oxygens (including phenoxy) is 1. The van der Waals surface area contributed by atoms with Gasteiger partial charge in [0.05, 0.1) is 0 Å². The highest BCUT2D eigenvalue weighted by atomic mass is 19.1. The molecule has 1 saturated carbocycles. The standard InChI is InChI=1S/C14H18FNO/c1-3-10(2)17-14-7-4-12(15)8-11(14)9-16-13-5-6-13/h3-4,7-8,10,13,16H,1,5-6,9H2,2H3. The van der Waals surface area contributed by atoms with Crippen LogP contribution in [-0.4, -0.2) is 12.1 Å². The van der Waals surface area contributed by atoms with Gasteiger partial charge in [0.15, 0.2) is 0 Å². The molecule has 0 saturated heterocycles. The zero-order valence-electron chi connectivity index (χ0n) is 10.1. The predicted molar refractivity (Wildman–Crippen MR) is 66.5 cm³/mol. The summed E-state index contributed by atoms with van der Waals surface area (Å²) in [5, 5.41) is 3.36. The van der Waals surface area contributed by atoms with Gasteiger partial charge in [-0.25, -0.2) is 4.39 Å². The summed E-state index contributed by atoms with van der Waals surface area (Å²) in [6.45, 7) is 6.24. The maximum absolute atomic E-state index is 13.2. The topological polar surface area (TPSA) is 21.3 Å². The van der Waals surface area contributed by atoms with E-state index in [0.717, 1.165) is 11.3 Å². The first-order valence-electron chi connectivity index (χ1n) is 6.00. The molecule has 92 valence electrons. The van der Waals surface area contributed by atoms with Crippen LogP contribution in [0, 0.1) is 5.82 Å². The zero-order valence-corrected chi connectivity index (χ0v) is 10.1. The van der Waals surface area contributed by atoms with Crippen LogP contribution in [0.15, 0.2) is 30.9 Å². The minimum absolute atomic E-state index is 0.0693. The van der Waals surface area contributed by atoms with E-state index in [2.05, 4.69) is 11.9 Å². The molecule has 0 bridgehead atoms. The molecule has 1 aromatic carbocycles. The summed E-state index contributed by atoms with van der Waals surface area (Å²) in [5.74, 6) is 0.503. The highest BCUT2D eigenvalue weighted by Gasteiger charge is 2.20. The van der Waals surface area contributed by atoms with Crippen molar-refractivity contribution in [2.75, 3.05) is 0 Å². The highest BCUT2D eigenvalue weighted by Crippen LogP contribution is 2.24. The Bertz CT molecular complexity index is 401. The Balaban J connectivity index is 2.07. The lowest BCUT2D eigenvalue weighted by atomic mass is 10.2. The van der Waals surface area contributed by atoms with Crippen molar-refractivity contribution < 1.29 is 9.13 Å². The number of nitrogens with one attached hydrogen (secondary N) is 1. The molecule has 1 N–H and O–H groups in total. The Morgan fingerprint density at radius 1 is 1.59 bits per heavy atom. The molecule has 1 fully saturated rings. The van der Waals surface area contributed by atoms with Gasteiger partial charge in [-0.05, 0) is 38.0 Å². The van der Waals surface area contributed by atoms with Crippen LogP contribution >= 0.6 is 0 Å². The van der Waals surface area contributed by atoms with Crippen molar-refractivity contribution in [3.63, 3.8) is 0 Å². The molecule has 2 nitrogen and oxygen atoms in total. The van der Waals surface area contributed by atoms with Crippen molar-refractivity contribution in [1.29, 1.82) is 0 Å².